The van der Waals surface area contributed by atoms with Crippen LogP contribution in [0.1, 0.15) is 5.56 Å². The van der Waals surface area contributed by atoms with Crippen molar-refractivity contribution < 1.29 is 18.3 Å². The molecule has 0 radical (unpaired) electrons. The Kier molecular flexibility index (Phi) is 2.81. The SMILES string of the molecule is N#Cc1cc(F)cc2cc(-c3ccc4c(c3)OCO4)c(=O)oc12. The summed E-state index contributed by atoms with van der Waals surface area (Å²) < 4.78 is 29.3. The number of hydrogen-bond donors (Lipinski definition) is 0. The molecule has 1 aliphatic heterocycles. The molecule has 3 aromatic rings. The van der Waals surface area contributed by atoms with Crippen molar-refractivity contribution in [1.29, 1.82) is 5.26 Å². The molecule has 0 N–H and O–H groups in total. The average molecular weight is 309 g/mol. The third kappa shape index (κ3) is 2.10. The van der Waals surface area contributed by atoms with E-state index in [0.717, 1.165) is 6.07 Å². The van der Waals surface area contributed by atoms with E-state index < -0.39 is 11.4 Å². The molecule has 2 heterocycles. The quantitative estimate of drug-likeness (QED) is 0.645. The minimum atomic E-state index is -0.612. The largest absolute Gasteiger partial charge is 0.454 e. The first-order valence-electron chi connectivity index (χ1n) is 6.73. The minimum absolute atomic E-state index is 0.0191. The maximum Gasteiger partial charge on any atom is 0.344 e. The Morgan fingerprint density at radius 3 is 2.74 bits per heavy atom. The van der Waals surface area contributed by atoms with Crippen molar-refractivity contribution in [3.8, 4) is 28.7 Å². The number of rotatable bonds is 1. The molecule has 0 saturated heterocycles. The molecular weight excluding hydrogens is 301 g/mol. The van der Waals surface area contributed by atoms with Crippen molar-refractivity contribution in [3.63, 3.8) is 0 Å². The van der Waals surface area contributed by atoms with Crippen LogP contribution in [0.5, 0.6) is 11.5 Å². The molecule has 0 saturated carbocycles. The Hall–Kier alpha value is -3.33. The zero-order valence-corrected chi connectivity index (χ0v) is 11.6. The summed E-state index contributed by atoms with van der Waals surface area (Å²) >= 11 is 0. The fourth-order valence-electron chi connectivity index (χ4n) is 2.55. The van der Waals surface area contributed by atoms with E-state index in [9.17, 15) is 9.18 Å². The van der Waals surface area contributed by atoms with Gasteiger partial charge in [-0.05, 0) is 35.9 Å². The van der Waals surface area contributed by atoms with Crippen LogP contribution >= 0.6 is 0 Å². The van der Waals surface area contributed by atoms with Crippen LogP contribution in [-0.2, 0) is 0 Å². The lowest BCUT2D eigenvalue weighted by atomic mass is 10.0. The van der Waals surface area contributed by atoms with E-state index in [2.05, 4.69) is 0 Å². The highest BCUT2D eigenvalue weighted by atomic mass is 19.1. The van der Waals surface area contributed by atoms with Crippen molar-refractivity contribution >= 4 is 11.0 Å². The molecule has 6 heteroatoms. The molecular formula is C17H8FNO4. The topological polar surface area (TPSA) is 72.5 Å². The predicted octanol–water partition coefficient (Wildman–Crippen LogP) is 3.20. The Labute approximate surface area is 129 Å². The third-order valence-electron chi connectivity index (χ3n) is 3.60. The highest BCUT2D eigenvalue weighted by Gasteiger charge is 2.17. The first-order valence-corrected chi connectivity index (χ1v) is 6.73. The minimum Gasteiger partial charge on any atom is -0.454 e. The number of nitriles is 1. The lowest BCUT2D eigenvalue weighted by Crippen LogP contribution is -2.03. The lowest BCUT2D eigenvalue weighted by Gasteiger charge is -2.05. The summed E-state index contributed by atoms with van der Waals surface area (Å²) in [6, 6.07) is 10.6. The number of nitrogens with zero attached hydrogens (tertiary/aromatic N) is 1. The second kappa shape index (κ2) is 4.85. The molecule has 1 aliphatic rings. The van der Waals surface area contributed by atoms with E-state index in [1.807, 2.05) is 6.07 Å². The molecule has 23 heavy (non-hydrogen) atoms. The summed E-state index contributed by atoms with van der Waals surface area (Å²) in [5.41, 5.74) is 0.259. The van der Waals surface area contributed by atoms with Gasteiger partial charge in [0.2, 0.25) is 6.79 Å². The van der Waals surface area contributed by atoms with E-state index in [1.165, 1.54) is 12.1 Å². The Morgan fingerprint density at radius 1 is 1.09 bits per heavy atom. The molecule has 5 nitrogen and oxygen atoms in total. The summed E-state index contributed by atoms with van der Waals surface area (Å²) in [4.78, 5) is 12.2. The van der Waals surface area contributed by atoms with Gasteiger partial charge in [0, 0.05) is 5.39 Å². The van der Waals surface area contributed by atoms with Gasteiger partial charge in [-0.25, -0.2) is 9.18 Å². The van der Waals surface area contributed by atoms with Gasteiger partial charge in [-0.15, -0.1) is 0 Å². The molecule has 0 amide bonds. The van der Waals surface area contributed by atoms with Gasteiger partial charge in [-0.1, -0.05) is 6.07 Å². The van der Waals surface area contributed by atoms with Crippen molar-refractivity contribution in [3.05, 3.63) is 58.2 Å². The van der Waals surface area contributed by atoms with Gasteiger partial charge in [-0.3, -0.25) is 0 Å². The predicted molar refractivity (Wildman–Crippen MR) is 78.7 cm³/mol. The monoisotopic (exact) mass is 309 g/mol. The van der Waals surface area contributed by atoms with Gasteiger partial charge in [0.25, 0.3) is 0 Å². The van der Waals surface area contributed by atoms with Crippen molar-refractivity contribution in [1.82, 2.24) is 0 Å². The molecule has 4 rings (SSSR count). The van der Waals surface area contributed by atoms with Crippen LogP contribution < -0.4 is 15.1 Å². The van der Waals surface area contributed by atoms with Crippen LogP contribution in [-0.4, -0.2) is 6.79 Å². The van der Waals surface area contributed by atoms with Crippen molar-refractivity contribution in [2.45, 2.75) is 0 Å². The maximum absolute atomic E-state index is 13.6. The fraction of sp³-hybridized carbons (Fsp3) is 0.0588. The van der Waals surface area contributed by atoms with E-state index in [1.54, 1.807) is 18.2 Å². The average Bonchev–Trinajstić information content (AvgIpc) is 3.01. The summed E-state index contributed by atoms with van der Waals surface area (Å²) in [5.74, 6) is 0.551. The molecule has 0 aliphatic carbocycles. The fourth-order valence-corrected chi connectivity index (χ4v) is 2.55. The van der Waals surface area contributed by atoms with Crippen LogP contribution in [0.15, 0.2) is 45.6 Å². The number of halogens is 1. The summed E-state index contributed by atoms with van der Waals surface area (Å²) in [7, 11) is 0. The Balaban J connectivity index is 1.96. The summed E-state index contributed by atoms with van der Waals surface area (Å²) in [6.45, 7) is 0.127. The first-order chi connectivity index (χ1) is 11.2. The van der Waals surface area contributed by atoms with Crippen LogP contribution in [0.25, 0.3) is 22.1 Å². The molecule has 112 valence electrons. The van der Waals surface area contributed by atoms with Crippen LogP contribution in [0, 0.1) is 17.1 Å². The van der Waals surface area contributed by atoms with Gasteiger partial charge >= 0.3 is 5.63 Å². The summed E-state index contributed by atoms with van der Waals surface area (Å²) in [6.07, 6.45) is 0. The van der Waals surface area contributed by atoms with Gasteiger partial charge in [0.15, 0.2) is 17.1 Å². The standard InChI is InChI=1S/C17H8FNO4/c18-12-3-10-5-13(17(20)23-16(10)11(4-12)7-19)9-1-2-14-15(6-9)22-8-21-14/h1-6H,8H2. The molecule has 0 fully saturated rings. The van der Waals surface area contributed by atoms with E-state index in [0.29, 0.717) is 22.4 Å². The molecule has 2 aromatic carbocycles. The number of ether oxygens (including phenoxy) is 2. The number of fused-ring (bicyclic) bond motifs is 2. The number of benzene rings is 2. The lowest BCUT2D eigenvalue weighted by molar-refractivity contribution is 0.174. The molecule has 0 bridgehead atoms. The highest BCUT2D eigenvalue weighted by molar-refractivity contribution is 5.86. The molecule has 0 unspecified atom stereocenters. The summed E-state index contributed by atoms with van der Waals surface area (Å²) in [5, 5.41) is 9.38. The van der Waals surface area contributed by atoms with E-state index >= 15 is 0 Å². The van der Waals surface area contributed by atoms with Gasteiger partial charge in [-0.2, -0.15) is 5.26 Å². The normalized spacial score (nSPS) is 12.3. The second-order valence-electron chi connectivity index (χ2n) is 5.00. The zero-order chi connectivity index (χ0) is 16.0. The van der Waals surface area contributed by atoms with Crippen molar-refractivity contribution in [2.75, 3.05) is 6.79 Å². The first kappa shape index (κ1) is 13.3. The Bertz CT molecular complexity index is 1050. The molecule has 0 atom stereocenters. The zero-order valence-electron chi connectivity index (χ0n) is 11.6. The van der Waals surface area contributed by atoms with Gasteiger partial charge in [0.05, 0.1) is 11.1 Å². The van der Waals surface area contributed by atoms with Crippen molar-refractivity contribution in [2.24, 2.45) is 0 Å². The molecule has 0 spiro atoms. The number of hydrogen-bond acceptors (Lipinski definition) is 5. The maximum atomic E-state index is 13.6. The second-order valence-corrected chi connectivity index (χ2v) is 5.00. The van der Waals surface area contributed by atoms with Gasteiger partial charge in [0.1, 0.15) is 11.9 Å². The van der Waals surface area contributed by atoms with Crippen LogP contribution in [0.4, 0.5) is 4.39 Å². The van der Waals surface area contributed by atoms with Crippen LogP contribution in [0.3, 0.4) is 0 Å². The van der Waals surface area contributed by atoms with E-state index in [4.69, 9.17) is 19.2 Å². The Morgan fingerprint density at radius 2 is 1.91 bits per heavy atom. The smallest absolute Gasteiger partial charge is 0.344 e. The molecule has 1 aromatic heterocycles. The third-order valence-corrected chi connectivity index (χ3v) is 3.60. The highest BCUT2D eigenvalue weighted by Crippen LogP contribution is 2.35. The van der Waals surface area contributed by atoms with Crippen LogP contribution in [0.2, 0.25) is 0 Å². The van der Waals surface area contributed by atoms with Gasteiger partial charge < -0.3 is 13.9 Å². The van der Waals surface area contributed by atoms with E-state index in [-0.39, 0.29) is 23.5 Å².